The van der Waals surface area contributed by atoms with Gasteiger partial charge in [-0.25, -0.2) is 0 Å². The molecule has 0 aromatic rings. The van der Waals surface area contributed by atoms with E-state index in [0.29, 0.717) is 5.54 Å². The molecule has 0 amide bonds. The highest BCUT2D eigenvalue weighted by atomic mass is 16.5. The largest absolute Gasteiger partial charge is 0.385 e. The van der Waals surface area contributed by atoms with E-state index in [4.69, 9.17) is 4.74 Å². The Morgan fingerprint density at radius 1 is 1.29 bits per heavy atom. The minimum Gasteiger partial charge on any atom is -0.385 e. The van der Waals surface area contributed by atoms with E-state index in [0.717, 1.165) is 32.0 Å². The molecule has 1 heterocycles. The Kier molecular flexibility index (Phi) is 3.81. The first kappa shape index (κ1) is 13.3. The second-order valence-electron chi connectivity index (χ2n) is 6.64. The van der Waals surface area contributed by atoms with Crippen LogP contribution in [0.5, 0.6) is 0 Å². The first-order valence-corrected chi connectivity index (χ1v) is 6.97. The van der Waals surface area contributed by atoms with Crippen molar-refractivity contribution in [2.24, 2.45) is 5.92 Å². The molecule has 1 saturated heterocycles. The number of nitrogens with zero attached hydrogens (tertiary/aromatic N) is 1. The van der Waals surface area contributed by atoms with E-state index in [1.165, 1.54) is 19.4 Å². The summed E-state index contributed by atoms with van der Waals surface area (Å²) in [6, 6.07) is 0. The van der Waals surface area contributed by atoms with Crippen LogP contribution in [0, 0.1) is 5.92 Å². The van der Waals surface area contributed by atoms with Crippen LogP contribution in [-0.4, -0.2) is 49.3 Å². The van der Waals surface area contributed by atoms with Crippen molar-refractivity contribution >= 4 is 0 Å². The van der Waals surface area contributed by atoms with E-state index in [1.807, 2.05) is 0 Å². The molecular formula is C14H28N2O. The molecule has 0 radical (unpaired) electrons. The van der Waals surface area contributed by atoms with Gasteiger partial charge in [0.1, 0.15) is 0 Å². The summed E-state index contributed by atoms with van der Waals surface area (Å²) in [5.74, 6) is 0.911. The van der Waals surface area contributed by atoms with Gasteiger partial charge in [-0.3, -0.25) is 4.90 Å². The van der Waals surface area contributed by atoms with Crippen LogP contribution in [0.2, 0.25) is 0 Å². The van der Waals surface area contributed by atoms with Gasteiger partial charge in [-0.1, -0.05) is 0 Å². The predicted octanol–water partition coefficient (Wildman–Crippen LogP) is 1.88. The molecule has 2 rings (SSSR count). The van der Waals surface area contributed by atoms with E-state index in [-0.39, 0.29) is 5.54 Å². The lowest BCUT2D eigenvalue weighted by molar-refractivity contribution is 0.00653. The summed E-state index contributed by atoms with van der Waals surface area (Å²) in [5.41, 5.74) is 0.630. The van der Waals surface area contributed by atoms with E-state index >= 15 is 0 Å². The molecule has 2 aliphatic rings. The van der Waals surface area contributed by atoms with Crippen LogP contribution < -0.4 is 5.32 Å². The minimum atomic E-state index is 0.251. The normalized spacial score (nSPS) is 33.9. The van der Waals surface area contributed by atoms with Crippen molar-refractivity contribution in [3.05, 3.63) is 0 Å². The zero-order valence-electron chi connectivity index (χ0n) is 11.9. The highest BCUT2D eigenvalue weighted by molar-refractivity contribution is 5.06. The van der Waals surface area contributed by atoms with Gasteiger partial charge < -0.3 is 10.1 Å². The fourth-order valence-electron chi connectivity index (χ4n) is 3.09. The van der Waals surface area contributed by atoms with Crippen LogP contribution >= 0.6 is 0 Å². The summed E-state index contributed by atoms with van der Waals surface area (Å²) in [6.45, 7) is 11.4. The number of hydrogen-bond donors (Lipinski definition) is 1. The molecule has 1 N–H and O–H groups in total. The average Bonchev–Trinajstić information content (AvgIpc) is 3.07. The lowest BCUT2D eigenvalue weighted by Gasteiger charge is -2.52. The fraction of sp³-hybridized carbons (Fsp3) is 1.00. The number of ether oxygens (including phenoxy) is 1. The first-order valence-electron chi connectivity index (χ1n) is 6.97. The topological polar surface area (TPSA) is 24.5 Å². The van der Waals surface area contributed by atoms with Crippen LogP contribution in [0.4, 0.5) is 0 Å². The highest BCUT2D eigenvalue weighted by Crippen LogP contribution is 2.44. The monoisotopic (exact) mass is 240 g/mol. The van der Waals surface area contributed by atoms with Crippen molar-refractivity contribution in [3.63, 3.8) is 0 Å². The van der Waals surface area contributed by atoms with Gasteiger partial charge in [-0.2, -0.15) is 0 Å². The van der Waals surface area contributed by atoms with Gasteiger partial charge in [0, 0.05) is 44.4 Å². The second-order valence-corrected chi connectivity index (χ2v) is 6.64. The summed E-state index contributed by atoms with van der Waals surface area (Å²) in [6.07, 6.45) is 3.98. The van der Waals surface area contributed by atoms with Gasteiger partial charge in [0.05, 0.1) is 0 Å². The average molecular weight is 240 g/mol. The Morgan fingerprint density at radius 2 is 2.00 bits per heavy atom. The Hall–Kier alpha value is -0.120. The van der Waals surface area contributed by atoms with Crippen LogP contribution in [0.3, 0.4) is 0 Å². The maximum Gasteiger partial charge on any atom is 0.0474 e. The van der Waals surface area contributed by atoms with Crippen molar-refractivity contribution in [1.29, 1.82) is 0 Å². The van der Waals surface area contributed by atoms with Crippen LogP contribution in [0.1, 0.15) is 40.0 Å². The smallest absolute Gasteiger partial charge is 0.0474 e. The molecule has 2 fully saturated rings. The van der Waals surface area contributed by atoms with Crippen LogP contribution in [-0.2, 0) is 4.74 Å². The summed E-state index contributed by atoms with van der Waals surface area (Å²) >= 11 is 0. The zero-order chi connectivity index (χ0) is 12.5. The lowest BCUT2D eigenvalue weighted by Crippen LogP contribution is -2.68. The summed E-state index contributed by atoms with van der Waals surface area (Å²) in [4.78, 5) is 2.71. The van der Waals surface area contributed by atoms with Crippen LogP contribution in [0.25, 0.3) is 0 Å². The maximum absolute atomic E-state index is 5.19. The van der Waals surface area contributed by atoms with E-state index in [2.05, 4.69) is 31.0 Å². The lowest BCUT2D eigenvalue weighted by atomic mass is 9.86. The molecular weight excluding hydrogens is 212 g/mol. The third kappa shape index (κ3) is 3.01. The molecule has 17 heavy (non-hydrogen) atoms. The predicted molar refractivity (Wildman–Crippen MR) is 71.3 cm³/mol. The Morgan fingerprint density at radius 3 is 2.59 bits per heavy atom. The quantitative estimate of drug-likeness (QED) is 0.743. The Balaban J connectivity index is 1.98. The Bertz CT molecular complexity index is 263. The van der Waals surface area contributed by atoms with Gasteiger partial charge >= 0.3 is 0 Å². The SMILES string of the molecule is COCCCN1CC(C)(C)NCC1(C)C1CC1. The molecule has 1 saturated carbocycles. The minimum absolute atomic E-state index is 0.251. The Labute approximate surface area is 106 Å². The third-order valence-corrected chi connectivity index (χ3v) is 4.47. The number of nitrogens with one attached hydrogen (secondary N) is 1. The van der Waals surface area contributed by atoms with Crippen molar-refractivity contribution < 1.29 is 4.74 Å². The third-order valence-electron chi connectivity index (χ3n) is 4.47. The van der Waals surface area contributed by atoms with Crippen molar-refractivity contribution in [3.8, 4) is 0 Å². The second kappa shape index (κ2) is 4.87. The summed E-state index contributed by atoms with van der Waals surface area (Å²) in [7, 11) is 1.79. The molecule has 100 valence electrons. The first-order chi connectivity index (χ1) is 7.98. The van der Waals surface area contributed by atoms with Gasteiger partial charge in [-0.15, -0.1) is 0 Å². The maximum atomic E-state index is 5.19. The van der Waals surface area contributed by atoms with E-state index < -0.39 is 0 Å². The number of piperazine rings is 1. The van der Waals surface area contributed by atoms with Crippen molar-refractivity contribution in [1.82, 2.24) is 10.2 Å². The zero-order valence-corrected chi connectivity index (χ0v) is 11.9. The molecule has 1 atom stereocenters. The molecule has 0 aromatic carbocycles. The van der Waals surface area contributed by atoms with Gasteiger partial charge in [0.15, 0.2) is 0 Å². The molecule has 1 unspecified atom stereocenters. The van der Waals surface area contributed by atoms with Gasteiger partial charge in [0.25, 0.3) is 0 Å². The number of rotatable bonds is 5. The number of methoxy groups -OCH3 is 1. The molecule has 1 aliphatic heterocycles. The van der Waals surface area contributed by atoms with Gasteiger partial charge in [-0.05, 0) is 46.0 Å². The van der Waals surface area contributed by atoms with E-state index in [9.17, 15) is 0 Å². The summed E-state index contributed by atoms with van der Waals surface area (Å²) < 4.78 is 5.19. The summed E-state index contributed by atoms with van der Waals surface area (Å²) in [5, 5.41) is 3.72. The molecule has 0 bridgehead atoms. The van der Waals surface area contributed by atoms with E-state index in [1.54, 1.807) is 7.11 Å². The van der Waals surface area contributed by atoms with Crippen molar-refractivity contribution in [2.75, 3.05) is 33.4 Å². The fourth-order valence-corrected chi connectivity index (χ4v) is 3.09. The molecule has 0 spiro atoms. The number of hydrogen-bond acceptors (Lipinski definition) is 3. The molecule has 3 nitrogen and oxygen atoms in total. The van der Waals surface area contributed by atoms with Crippen LogP contribution in [0.15, 0.2) is 0 Å². The molecule has 1 aliphatic carbocycles. The highest BCUT2D eigenvalue weighted by Gasteiger charge is 2.49. The molecule has 3 heteroatoms. The molecule has 0 aromatic heterocycles. The standard InChI is InChI=1S/C14H28N2O/c1-13(2)11-16(8-5-9-17-4)14(3,10-15-13)12-6-7-12/h12,15H,5-11H2,1-4H3. The van der Waals surface area contributed by atoms with Gasteiger partial charge in [0.2, 0.25) is 0 Å². The van der Waals surface area contributed by atoms with Crippen molar-refractivity contribution in [2.45, 2.75) is 51.1 Å².